The minimum atomic E-state index is -3.52. The Morgan fingerprint density at radius 1 is 0.950 bits per heavy atom. The van der Waals surface area contributed by atoms with Crippen LogP contribution in [0.2, 0.25) is 0 Å². The van der Waals surface area contributed by atoms with E-state index < -0.39 is 10.0 Å². The van der Waals surface area contributed by atoms with Crippen LogP contribution in [0.3, 0.4) is 0 Å². The van der Waals surface area contributed by atoms with Crippen LogP contribution < -0.4 is 4.72 Å². The Morgan fingerprint density at radius 3 is 2.40 bits per heavy atom. The number of aryl methyl sites for hydroxylation is 2. The van der Waals surface area contributed by atoms with Crippen LogP contribution in [0.15, 0.2) is 47.6 Å². The molecule has 1 heterocycles. The summed E-state index contributed by atoms with van der Waals surface area (Å²) in [5.74, 6) is 0. The topological polar surface area (TPSA) is 59.1 Å². The number of benzene rings is 1. The molecule has 2 aromatic rings. The Labute approximate surface area is 118 Å². The van der Waals surface area contributed by atoms with Gasteiger partial charge in [-0.2, -0.15) is 0 Å². The van der Waals surface area contributed by atoms with Gasteiger partial charge in [-0.15, -0.1) is 0 Å². The van der Waals surface area contributed by atoms with Gasteiger partial charge in [0.2, 0.25) is 0 Å². The first-order valence-electron chi connectivity index (χ1n) is 6.70. The van der Waals surface area contributed by atoms with Crippen molar-refractivity contribution in [3.8, 4) is 0 Å². The number of rotatable bonds is 3. The van der Waals surface area contributed by atoms with Crippen molar-refractivity contribution in [2.75, 3.05) is 4.72 Å². The summed E-state index contributed by atoms with van der Waals surface area (Å²) in [5.41, 5.74) is 2.96. The van der Waals surface area contributed by atoms with E-state index in [1.54, 1.807) is 36.7 Å². The van der Waals surface area contributed by atoms with E-state index in [-0.39, 0.29) is 0 Å². The molecule has 20 heavy (non-hydrogen) atoms. The van der Waals surface area contributed by atoms with E-state index >= 15 is 0 Å². The third-order valence-corrected chi connectivity index (χ3v) is 4.94. The molecule has 0 radical (unpaired) electrons. The van der Waals surface area contributed by atoms with Gasteiger partial charge in [-0.3, -0.25) is 9.71 Å². The monoisotopic (exact) mass is 288 g/mol. The van der Waals surface area contributed by atoms with Crippen molar-refractivity contribution in [2.45, 2.75) is 30.6 Å². The molecule has 5 heteroatoms. The number of pyridine rings is 1. The number of sulfonamides is 1. The molecule has 0 saturated heterocycles. The number of aromatic nitrogens is 1. The summed E-state index contributed by atoms with van der Waals surface area (Å²) in [4.78, 5) is 4.20. The van der Waals surface area contributed by atoms with Gasteiger partial charge in [-0.25, -0.2) is 8.42 Å². The first kappa shape index (κ1) is 13.1. The zero-order valence-corrected chi connectivity index (χ0v) is 11.9. The molecule has 0 unspecified atom stereocenters. The number of hydrogen-bond acceptors (Lipinski definition) is 3. The van der Waals surface area contributed by atoms with Crippen LogP contribution in [-0.4, -0.2) is 13.4 Å². The van der Waals surface area contributed by atoms with Crippen molar-refractivity contribution in [1.82, 2.24) is 4.98 Å². The summed E-state index contributed by atoms with van der Waals surface area (Å²) in [5, 5.41) is 0. The van der Waals surface area contributed by atoms with Gasteiger partial charge in [-0.05, 0) is 61.1 Å². The third kappa shape index (κ3) is 2.67. The molecule has 0 bridgehead atoms. The molecule has 1 N–H and O–H groups in total. The summed E-state index contributed by atoms with van der Waals surface area (Å²) in [7, 11) is -3.52. The molecule has 3 rings (SSSR count). The lowest BCUT2D eigenvalue weighted by atomic mass is 9.92. The number of hydrogen-bond donors (Lipinski definition) is 1. The second-order valence-electron chi connectivity index (χ2n) is 4.98. The molecule has 1 aliphatic rings. The summed E-state index contributed by atoms with van der Waals surface area (Å²) >= 11 is 0. The van der Waals surface area contributed by atoms with Crippen molar-refractivity contribution in [1.29, 1.82) is 0 Å². The molecule has 1 aliphatic carbocycles. The first-order valence-corrected chi connectivity index (χ1v) is 8.18. The van der Waals surface area contributed by atoms with Gasteiger partial charge in [0.1, 0.15) is 0 Å². The molecule has 0 saturated carbocycles. The van der Waals surface area contributed by atoms with Gasteiger partial charge >= 0.3 is 0 Å². The highest BCUT2D eigenvalue weighted by molar-refractivity contribution is 7.92. The fourth-order valence-electron chi connectivity index (χ4n) is 2.51. The smallest absolute Gasteiger partial charge is 0.261 e. The molecule has 0 amide bonds. The van der Waals surface area contributed by atoms with Crippen molar-refractivity contribution in [3.63, 3.8) is 0 Å². The van der Waals surface area contributed by atoms with Crippen LogP contribution >= 0.6 is 0 Å². The van der Waals surface area contributed by atoms with Crippen molar-refractivity contribution >= 4 is 15.7 Å². The van der Waals surface area contributed by atoms with Crippen molar-refractivity contribution in [2.24, 2.45) is 0 Å². The van der Waals surface area contributed by atoms with E-state index in [1.807, 2.05) is 6.07 Å². The van der Waals surface area contributed by atoms with E-state index in [4.69, 9.17) is 0 Å². The Bertz CT molecular complexity index is 712. The molecule has 104 valence electrons. The predicted octanol–water partition coefficient (Wildman–Crippen LogP) is 2.76. The highest BCUT2D eigenvalue weighted by atomic mass is 32.2. The first-order chi connectivity index (χ1) is 9.65. The number of anilines is 1. The van der Waals surface area contributed by atoms with Crippen LogP contribution in [0.1, 0.15) is 24.0 Å². The summed E-state index contributed by atoms with van der Waals surface area (Å²) < 4.78 is 27.3. The fourth-order valence-corrected chi connectivity index (χ4v) is 3.62. The lowest BCUT2D eigenvalue weighted by Crippen LogP contribution is -2.14. The standard InChI is InChI=1S/C15H16N2O2S/c18-20(19,17-14-7-9-16-10-8-14)15-6-5-12-3-1-2-4-13(12)11-15/h5-11H,1-4H2,(H,16,17). The van der Waals surface area contributed by atoms with Crippen molar-refractivity contribution < 1.29 is 8.42 Å². The summed E-state index contributed by atoms with van der Waals surface area (Å²) in [6, 6.07) is 8.70. The molecular formula is C15H16N2O2S. The second-order valence-corrected chi connectivity index (χ2v) is 6.66. The fraction of sp³-hybridized carbons (Fsp3) is 0.267. The maximum atomic E-state index is 12.4. The average Bonchev–Trinajstić information content (AvgIpc) is 2.47. The highest BCUT2D eigenvalue weighted by Gasteiger charge is 2.17. The molecule has 1 aromatic heterocycles. The van der Waals surface area contributed by atoms with Gasteiger partial charge < -0.3 is 0 Å². The molecule has 0 fully saturated rings. The normalized spacial score (nSPS) is 14.6. The van der Waals surface area contributed by atoms with Crippen LogP contribution in [-0.2, 0) is 22.9 Å². The van der Waals surface area contributed by atoms with Crippen molar-refractivity contribution in [3.05, 3.63) is 53.9 Å². The summed E-state index contributed by atoms with van der Waals surface area (Å²) in [6.07, 6.45) is 7.46. The number of nitrogens with zero attached hydrogens (tertiary/aromatic N) is 1. The Balaban J connectivity index is 1.91. The SMILES string of the molecule is O=S(=O)(Nc1ccncc1)c1ccc2c(c1)CCCC2. The Kier molecular flexibility index (Phi) is 3.44. The minimum absolute atomic E-state index is 0.329. The molecule has 0 aliphatic heterocycles. The van der Waals surface area contributed by atoms with Crippen LogP contribution in [0.25, 0.3) is 0 Å². The maximum Gasteiger partial charge on any atom is 0.261 e. The Hall–Kier alpha value is -1.88. The largest absolute Gasteiger partial charge is 0.280 e. The maximum absolute atomic E-state index is 12.4. The highest BCUT2D eigenvalue weighted by Crippen LogP contribution is 2.25. The van der Waals surface area contributed by atoms with Gasteiger partial charge in [0.15, 0.2) is 0 Å². The van der Waals surface area contributed by atoms with Gasteiger partial charge in [-0.1, -0.05) is 6.07 Å². The summed E-state index contributed by atoms with van der Waals surface area (Å²) in [6.45, 7) is 0. The quantitative estimate of drug-likeness (QED) is 0.944. The molecule has 4 nitrogen and oxygen atoms in total. The zero-order valence-electron chi connectivity index (χ0n) is 11.0. The molecular weight excluding hydrogens is 272 g/mol. The predicted molar refractivity (Wildman–Crippen MR) is 78.1 cm³/mol. The lowest BCUT2D eigenvalue weighted by Gasteiger charge is -2.17. The van der Waals surface area contributed by atoms with Gasteiger partial charge in [0.05, 0.1) is 10.6 Å². The third-order valence-electron chi connectivity index (χ3n) is 3.56. The van der Waals surface area contributed by atoms with Crippen LogP contribution in [0.5, 0.6) is 0 Å². The van der Waals surface area contributed by atoms with E-state index in [0.717, 1.165) is 24.8 Å². The Morgan fingerprint density at radius 2 is 1.65 bits per heavy atom. The van der Waals surface area contributed by atoms with E-state index in [1.165, 1.54) is 12.0 Å². The van der Waals surface area contributed by atoms with Crippen LogP contribution in [0.4, 0.5) is 5.69 Å². The van der Waals surface area contributed by atoms with Gasteiger partial charge in [0.25, 0.3) is 10.0 Å². The number of nitrogens with one attached hydrogen (secondary N) is 1. The number of fused-ring (bicyclic) bond motifs is 1. The average molecular weight is 288 g/mol. The molecule has 0 spiro atoms. The minimum Gasteiger partial charge on any atom is -0.280 e. The van der Waals surface area contributed by atoms with Crippen LogP contribution in [0, 0.1) is 0 Å². The second kappa shape index (κ2) is 5.25. The molecule has 1 aromatic carbocycles. The molecule has 0 atom stereocenters. The van der Waals surface area contributed by atoms with Gasteiger partial charge in [0, 0.05) is 12.4 Å². The van der Waals surface area contributed by atoms with E-state index in [0.29, 0.717) is 10.6 Å². The van der Waals surface area contributed by atoms with E-state index in [2.05, 4.69) is 9.71 Å². The van der Waals surface area contributed by atoms with E-state index in [9.17, 15) is 8.42 Å². The zero-order chi connectivity index (χ0) is 14.0. The lowest BCUT2D eigenvalue weighted by molar-refractivity contribution is 0.600.